The zero-order chi connectivity index (χ0) is 14.5. The third-order valence-electron chi connectivity index (χ3n) is 3.30. The van der Waals surface area contributed by atoms with Crippen LogP contribution in [0.15, 0.2) is 36.9 Å². The van der Waals surface area contributed by atoms with Gasteiger partial charge < -0.3 is 22.3 Å². The number of carbonyl (C=O) groups is 1. The Morgan fingerprint density at radius 1 is 1.29 bits per heavy atom. The first-order valence-electron chi connectivity index (χ1n) is 7.01. The molecule has 0 atom stereocenters. The molecule has 1 N–H and O–H groups in total. The van der Waals surface area contributed by atoms with Crippen LogP contribution in [0.1, 0.15) is 24.5 Å². The van der Waals surface area contributed by atoms with Crippen molar-refractivity contribution >= 4 is 11.6 Å². The first-order valence-corrected chi connectivity index (χ1v) is 7.01. The van der Waals surface area contributed by atoms with Gasteiger partial charge in [0.1, 0.15) is 12.4 Å². The highest BCUT2D eigenvalue weighted by Crippen LogP contribution is 2.19. The summed E-state index contributed by atoms with van der Waals surface area (Å²) < 4.78 is 3.99. The molecule has 0 bridgehead atoms. The molecule has 0 saturated carbocycles. The summed E-state index contributed by atoms with van der Waals surface area (Å²) in [5.74, 6) is 0.00153. The number of benzene rings is 1. The molecular formula is C16H22BrN3O. The molecule has 0 aliphatic heterocycles. The lowest BCUT2D eigenvalue weighted by Crippen LogP contribution is -3.00. The van der Waals surface area contributed by atoms with Crippen LogP contribution >= 0.6 is 0 Å². The van der Waals surface area contributed by atoms with E-state index in [4.69, 9.17) is 0 Å². The predicted octanol–water partition coefficient (Wildman–Crippen LogP) is -0.555. The van der Waals surface area contributed by atoms with Gasteiger partial charge in [-0.25, -0.2) is 9.13 Å². The molecule has 5 heteroatoms. The summed E-state index contributed by atoms with van der Waals surface area (Å²) in [6.07, 6.45) is 6.98. The molecule has 1 heterocycles. The minimum absolute atomic E-state index is 0. The first kappa shape index (κ1) is 17.4. The second-order valence-corrected chi connectivity index (χ2v) is 5.14. The Hall–Kier alpha value is -1.62. The van der Waals surface area contributed by atoms with E-state index in [0.29, 0.717) is 6.54 Å². The van der Waals surface area contributed by atoms with E-state index in [2.05, 4.69) is 16.8 Å². The Labute approximate surface area is 136 Å². The number of para-hydroxylation sites is 1. The van der Waals surface area contributed by atoms with Crippen LogP contribution in [-0.2, 0) is 17.9 Å². The maximum absolute atomic E-state index is 12.1. The molecule has 0 spiro atoms. The molecule has 0 aliphatic carbocycles. The molecule has 0 aliphatic rings. The van der Waals surface area contributed by atoms with Crippen molar-refractivity contribution < 1.29 is 26.3 Å². The van der Waals surface area contributed by atoms with E-state index < -0.39 is 0 Å². The first-order chi connectivity index (χ1) is 9.60. The fourth-order valence-corrected chi connectivity index (χ4v) is 2.28. The SMILES string of the molecule is CCCn1cc[n+](CC(=O)Nc2c(C)cccc2C)c1.[Br-]. The molecule has 4 nitrogen and oxygen atoms in total. The summed E-state index contributed by atoms with van der Waals surface area (Å²) in [6.45, 7) is 7.47. The maximum Gasteiger partial charge on any atom is 0.266 e. The summed E-state index contributed by atoms with van der Waals surface area (Å²) in [5, 5.41) is 3.00. The van der Waals surface area contributed by atoms with Gasteiger partial charge >= 0.3 is 0 Å². The lowest BCUT2D eigenvalue weighted by Gasteiger charge is -2.10. The minimum Gasteiger partial charge on any atom is -1.00 e. The second kappa shape index (κ2) is 7.98. The number of carbonyl (C=O) groups excluding carboxylic acids is 1. The van der Waals surface area contributed by atoms with Crippen LogP contribution in [0, 0.1) is 13.8 Å². The van der Waals surface area contributed by atoms with Crippen molar-refractivity contribution in [3.8, 4) is 0 Å². The Balaban J connectivity index is 0.00000220. The Morgan fingerprint density at radius 3 is 2.57 bits per heavy atom. The van der Waals surface area contributed by atoms with Crippen molar-refractivity contribution in [2.24, 2.45) is 0 Å². The molecule has 0 unspecified atom stereocenters. The third-order valence-corrected chi connectivity index (χ3v) is 3.30. The number of amides is 1. The van der Waals surface area contributed by atoms with Gasteiger partial charge in [-0.05, 0) is 31.4 Å². The summed E-state index contributed by atoms with van der Waals surface area (Å²) in [6, 6.07) is 6.01. The van der Waals surface area contributed by atoms with Gasteiger partial charge in [0.25, 0.3) is 5.91 Å². The highest BCUT2D eigenvalue weighted by Gasteiger charge is 2.11. The number of nitrogens with zero attached hydrogens (tertiary/aromatic N) is 2. The smallest absolute Gasteiger partial charge is 0.266 e. The van der Waals surface area contributed by atoms with Crippen molar-refractivity contribution in [2.45, 2.75) is 40.3 Å². The molecule has 114 valence electrons. The second-order valence-electron chi connectivity index (χ2n) is 5.14. The zero-order valence-electron chi connectivity index (χ0n) is 12.8. The monoisotopic (exact) mass is 351 g/mol. The molecule has 1 aromatic heterocycles. The lowest BCUT2D eigenvalue weighted by molar-refractivity contribution is -0.683. The minimum atomic E-state index is 0. The normalized spacial score (nSPS) is 10.0. The van der Waals surface area contributed by atoms with E-state index in [9.17, 15) is 4.79 Å². The number of anilines is 1. The van der Waals surface area contributed by atoms with Crippen molar-refractivity contribution in [1.82, 2.24) is 4.57 Å². The topological polar surface area (TPSA) is 37.9 Å². The number of hydrogen-bond donors (Lipinski definition) is 1. The van der Waals surface area contributed by atoms with E-state index >= 15 is 0 Å². The Kier molecular flexibility index (Phi) is 6.62. The predicted molar refractivity (Wildman–Crippen MR) is 79.5 cm³/mol. The highest BCUT2D eigenvalue weighted by atomic mass is 79.9. The molecule has 2 rings (SSSR count). The number of rotatable bonds is 5. The van der Waals surface area contributed by atoms with Crippen molar-refractivity contribution in [2.75, 3.05) is 5.32 Å². The number of aryl methyl sites for hydroxylation is 3. The van der Waals surface area contributed by atoms with Gasteiger partial charge in [-0.15, -0.1) is 0 Å². The summed E-state index contributed by atoms with van der Waals surface area (Å²) in [7, 11) is 0. The highest BCUT2D eigenvalue weighted by molar-refractivity contribution is 5.91. The lowest BCUT2D eigenvalue weighted by atomic mass is 10.1. The number of hydrogen-bond acceptors (Lipinski definition) is 1. The summed E-state index contributed by atoms with van der Waals surface area (Å²) in [4.78, 5) is 12.1. The van der Waals surface area contributed by atoms with Gasteiger partial charge in [0.05, 0.1) is 6.54 Å². The number of nitrogens with one attached hydrogen (secondary N) is 1. The number of halogens is 1. The average molecular weight is 352 g/mol. The number of aromatic nitrogens is 2. The van der Waals surface area contributed by atoms with E-state index in [1.807, 2.05) is 55.3 Å². The van der Waals surface area contributed by atoms with E-state index in [0.717, 1.165) is 29.8 Å². The molecule has 0 fully saturated rings. The molecule has 1 amide bonds. The van der Waals surface area contributed by atoms with Crippen molar-refractivity contribution in [3.63, 3.8) is 0 Å². The van der Waals surface area contributed by atoms with E-state index in [-0.39, 0.29) is 22.9 Å². The standard InChI is InChI=1S/C16H21N3O.BrH/c1-4-8-18-9-10-19(12-18)11-15(20)17-16-13(2)6-5-7-14(16)3;/h5-7,9-10,12H,4,8,11H2,1-3H3;1H. The molecular weight excluding hydrogens is 330 g/mol. The summed E-state index contributed by atoms with van der Waals surface area (Å²) in [5.41, 5.74) is 3.10. The van der Waals surface area contributed by atoms with Crippen molar-refractivity contribution in [1.29, 1.82) is 0 Å². The molecule has 2 aromatic rings. The zero-order valence-corrected chi connectivity index (χ0v) is 14.4. The van der Waals surface area contributed by atoms with Crippen LogP contribution in [0.2, 0.25) is 0 Å². The molecule has 0 radical (unpaired) electrons. The van der Waals surface area contributed by atoms with Gasteiger partial charge in [0.15, 0.2) is 6.54 Å². The van der Waals surface area contributed by atoms with Crippen LogP contribution in [0.4, 0.5) is 5.69 Å². The number of imidazole rings is 1. The van der Waals surface area contributed by atoms with Gasteiger partial charge in [-0.1, -0.05) is 25.1 Å². The van der Waals surface area contributed by atoms with Crippen molar-refractivity contribution in [3.05, 3.63) is 48.0 Å². The fourth-order valence-electron chi connectivity index (χ4n) is 2.28. The van der Waals surface area contributed by atoms with Crippen LogP contribution in [0.3, 0.4) is 0 Å². The fraction of sp³-hybridized carbons (Fsp3) is 0.375. The van der Waals surface area contributed by atoms with Gasteiger partial charge in [0.2, 0.25) is 6.33 Å². The van der Waals surface area contributed by atoms with Crippen LogP contribution < -0.4 is 26.9 Å². The van der Waals surface area contributed by atoms with Gasteiger partial charge in [-0.2, -0.15) is 0 Å². The van der Waals surface area contributed by atoms with Crippen LogP contribution in [0.5, 0.6) is 0 Å². The van der Waals surface area contributed by atoms with Gasteiger partial charge in [0, 0.05) is 5.69 Å². The molecule has 0 saturated heterocycles. The van der Waals surface area contributed by atoms with E-state index in [1.54, 1.807) is 0 Å². The molecule has 21 heavy (non-hydrogen) atoms. The Morgan fingerprint density at radius 2 is 1.95 bits per heavy atom. The third kappa shape index (κ3) is 4.70. The largest absolute Gasteiger partial charge is 1.00 e. The Bertz CT molecular complexity index is 587. The maximum atomic E-state index is 12.1. The van der Waals surface area contributed by atoms with E-state index in [1.165, 1.54) is 0 Å². The average Bonchev–Trinajstić information content (AvgIpc) is 2.82. The molecule has 1 aromatic carbocycles. The quantitative estimate of drug-likeness (QED) is 0.721. The van der Waals surface area contributed by atoms with Gasteiger partial charge in [-0.3, -0.25) is 4.79 Å². The van der Waals surface area contributed by atoms with Crippen LogP contribution in [0.25, 0.3) is 0 Å². The van der Waals surface area contributed by atoms with Crippen LogP contribution in [-0.4, -0.2) is 10.5 Å². The summed E-state index contributed by atoms with van der Waals surface area (Å²) >= 11 is 0.